The third kappa shape index (κ3) is 6.17. The Morgan fingerprint density at radius 1 is 1.33 bits per heavy atom. The molecule has 108 valence electrons. The molecule has 2 atom stereocenters. The molecule has 0 spiro atoms. The molecule has 1 fully saturated rings. The van der Waals surface area contributed by atoms with E-state index in [0.717, 1.165) is 32.2 Å². The summed E-state index contributed by atoms with van der Waals surface area (Å²) in [5.41, 5.74) is 0. The Balaban J connectivity index is 2.29. The quantitative estimate of drug-likeness (QED) is 0.642. The summed E-state index contributed by atoms with van der Waals surface area (Å²) in [6, 6.07) is 0.684. The zero-order chi connectivity index (χ0) is 13.2. The van der Waals surface area contributed by atoms with Gasteiger partial charge >= 0.3 is 0 Å². The molecule has 1 N–H and O–H groups in total. The van der Waals surface area contributed by atoms with Crippen LogP contribution >= 0.6 is 0 Å². The SMILES string of the molecule is CCCNCC(CCC)N(C)CC1CCCOC1. The average molecular weight is 256 g/mol. The first-order chi connectivity index (χ1) is 8.77. The molecule has 0 aliphatic carbocycles. The summed E-state index contributed by atoms with van der Waals surface area (Å²) in [4.78, 5) is 2.55. The van der Waals surface area contributed by atoms with Crippen molar-refractivity contribution >= 4 is 0 Å². The van der Waals surface area contributed by atoms with Gasteiger partial charge in [-0.25, -0.2) is 0 Å². The van der Waals surface area contributed by atoms with Crippen molar-refractivity contribution in [2.24, 2.45) is 5.92 Å². The van der Waals surface area contributed by atoms with E-state index in [4.69, 9.17) is 4.74 Å². The van der Waals surface area contributed by atoms with E-state index in [1.54, 1.807) is 0 Å². The number of ether oxygens (including phenoxy) is 1. The lowest BCUT2D eigenvalue weighted by atomic mass is 10.0. The minimum atomic E-state index is 0.684. The highest BCUT2D eigenvalue weighted by Gasteiger charge is 2.20. The van der Waals surface area contributed by atoms with E-state index in [2.05, 4.69) is 31.1 Å². The molecule has 0 radical (unpaired) electrons. The van der Waals surface area contributed by atoms with Crippen molar-refractivity contribution in [2.75, 3.05) is 39.9 Å². The predicted molar refractivity (Wildman–Crippen MR) is 78.0 cm³/mol. The van der Waals surface area contributed by atoms with Crippen molar-refractivity contribution in [3.63, 3.8) is 0 Å². The molecule has 0 saturated carbocycles. The van der Waals surface area contributed by atoms with E-state index in [1.165, 1.54) is 38.6 Å². The van der Waals surface area contributed by atoms with Crippen LogP contribution in [0.1, 0.15) is 46.0 Å². The van der Waals surface area contributed by atoms with Crippen LogP contribution in [0.25, 0.3) is 0 Å². The monoisotopic (exact) mass is 256 g/mol. The Hall–Kier alpha value is -0.120. The van der Waals surface area contributed by atoms with Gasteiger partial charge in [-0.05, 0) is 45.2 Å². The third-order valence-electron chi connectivity index (χ3n) is 3.85. The van der Waals surface area contributed by atoms with Crippen molar-refractivity contribution < 1.29 is 4.74 Å². The first-order valence-corrected chi connectivity index (χ1v) is 7.76. The molecule has 0 aromatic rings. The Kier molecular flexibility index (Phi) is 8.64. The van der Waals surface area contributed by atoms with E-state index in [0.29, 0.717) is 6.04 Å². The van der Waals surface area contributed by atoms with Crippen molar-refractivity contribution in [1.29, 1.82) is 0 Å². The molecule has 2 unspecified atom stereocenters. The van der Waals surface area contributed by atoms with E-state index in [9.17, 15) is 0 Å². The van der Waals surface area contributed by atoms with E-state index in [-0.39, 0.29) is 0 Å². The molecule has 3 nitrogen and oxygen atoms in total. The molecular formula is C15H32N2O. The number of hydrogen-bond donors (Lipinski definition) is 1. The molecule has 18 heavy (non-hydrogen) atoms. The van der Waals surface area contributed by atoms with E-state index >= 15 is 0 Å². The summed E-state index contributed by atoms with van der Waals surface area (Å²) in [5.74, 6) is 0.745. The van der Waals surface area contributed by atoms with Gasteiger partial charge in [-0.3, -0.25) is 0 Å². The number of nitrogens with zero attached hydrogens (tertiary/aromatic N) is 1. The van der Waals surface area contributed by atoms with Crippen molar-refractivity contribution in [3.05, 3.63) is 0 Å². The van der Waals surface area contributed by atoms with Crippen LogP contribution in [0.5, 0.6) is 0 Å². The Morgan fingerprint density at radius 2 is 2.17 bits per heavy atom. The van der Waals surface area contributed by atoms with Gasteiger partial charge < -0.3 is 15.0 Å². The summed E-state index contributed by atoms with van der Waals surface area (Å²) in [7, 11) is 2.28. The van der Waals surface area contributed by atoms with Crippen molar-refractivity contribution in [2.45, 2.75) is 52.0 Å². The molecule has 3 heteroatoms. The van der Waals surface area contributed by atoms with Crippen LogP contribution < -0.4 is 5.32 Å². The molecule has 1 heterocycles. The van der Waals surface area contributed by atoms with Crippen LogP contribution in [0, 0.1) is 5.92 Å². The molecule has 0 bridgehead atoms. The van der Waals surface area contributed by atoms with Gasteiger partial charge in [0.15, 0.2) is 0 Å². The highest BCUT2D eigenvalue weighted by molar-refractivity contribution is 4.75. The van der Waals surface area contributed by atoms with E-state index in [1.807, 2.05) is 0 Å². The smallest absolute Gasteiger partial charge is 0.0506 e. The highest BCUT2D eigenvalue weighted by Crippen LogP contribution is 2.16. The van der Waals surface area contributed by atoms with Crippen LogP contribution in [0.4, 0.5) is 0 Å². The zero-order valence-electron chi connectivity index (χ0n) is 12.6. The molecular weight excluding hydrogens is 224 g/mol. The van der Waals surface area contributed by atoms with Gasteiger partial charge in [0.05, 0.1) is 6.61 Å². The largest absolute Gasteiger partial charge is 0.381 e. The maximum atomic E-state index is 5.58. The average Bonchev–Trinajstić information content (AvgIpc) is 2.39. The lowest BCUT2D eigenvalue weighted by Crippen LogP contribution is -2.43. The highest BCUT2D eigenvalue weighted by atomic mass is 16.5. The normalized spacial score (nSPS) is 22.3. The van der Waals surface area contributed by atoms with E-state index < -0.39 is 0 Å². The second kappa shape index (κ2) is 9.76. The Bertz CT molecular complexity index is 193. The van der Waals surface area contributed by atoms with Crippen LogP contribution in [-0.2, 0) is 4.74 Å². The van der Waals surface area contributed by atoms with Gasteiger partial charge in [0.25, 0.3) is 0 Å². The summed E-state index contributed by atoms with van der Waals surface area (Å²) in [6.07, 6.45) is 6.36. The fourth-order valence-corrected chi connectivity index (χ4v) is 2.76. The molecule has 1 aliphatic rings. The lowest BCUT2D eigenvalue weighted by Gasteiger charge is -2.33. The predicted octanol–water partition coefficient (Wildman–Crippen LogP) is 2.51. The number of hydrogen-bond acceptors (Lipinski definition) is 3. The van der Waals surface area contributed by atoms with Gasteiger partial charge in [-0.1, -0.05) is 20.3 Å². The summed E-state index contributed by atoms with van der Waals surface area (Å²) >= 11 is 0. The first kappa shape index (κ1) is 15.9. The van der Waals surface area contributed by atoms with Gasteiger partial charge in [-0.2, -0.15) is 0 Å². The minimum absolute atomic E-state index is 0.684. The van der Waals surface area contributed by atoms with Crippen LogP contribution in [0.15, 0.2) is 0 Å². The Morgan fingerprint density at radius 3 is 2.78 bits per heavy atom. The fourth-order valence-electron chi connectivity index (χ4n) is 2.76. The Labute approximate surface area is 113 Å². The van der Waals surface area contributed by atoms with Crippen molar-refractivity contribution in [1.82, 2.24) is 10.2 Å². The van der Waals surface area contributed by atoms with Gasteiger partial charge in [0.1, 0.15) is 0 Å². The van der Waals surface area contributed by atoms with Crippen LogP contribution in [-0.4, -0.2) is 50.8 Å². The molecule has 1 saturated heterocycles. The molecule has 0 aromatic carbocycles. The molecule has 0 amide bonds. The zero-order valence-corrected chi connectivity index (χ0v) is 12.6. The second-order valence-electron chi connectivity index (χ2n) is 5.67. The van der Waals surface area contributed by atoms with Crippen LogP contribution in [0.2, 0.25) is 0 Å². The first-order valence-electron chi connectivity index (χ1n) is 7.76. The van der Waals surface area contributed by atoms with Gasteiger partial charge in [0, 0.05) is 25.7 Å². The number of rotatable bonds is 9. The second-order valence-corrected chi connectivity index (χ2v) is 5.67. The molecule has 1 aliphatic heterocycles. The number of nitrogens with one attached hydrogen (secondary N) is 1. The van der Waals surface area contributed by atoms with Gasteiger partial charge in [-0.15, -0.1) is 0 Å². The maximum absolute atomic E-state index is 5.58. The van der Waals surface area contributed by atoms with Crippen molar-refractivity contribution in [3.8, 4) is 0 Å². The standard InChI is InChI=1S/C15H32N2O/c1-4-7-15(11-16-9-5-2)17(3)12-14-8-6-10-18-13-14/h14-16H,4-13H2,1-3H3. The fraction of sp³-hybridized carbons (Fsp3) is 1.00. The topological polar surface area (TPSA) is 24.5 Å². The molecule has 0 aromatic heterocycles. The van der Waals surface area contributed by atoms with Gasteiger partial charge in [0.2, 0.25) is 0 Å². The third-order valence-corrected chi connectivity index (χ3v) is 3.85. The maximum Gasteiger partial charge on any atom is 0.0506 e. The lowest BCUT2D eigenvalue weighted by molar-refractivity contribution is 0.0354. The number of likely N-dealkylation sites (N-methyl/N-ethyl adjacent to an activating group) is 1. The summed E-state index contributed by atoms with van der Waals surface area (Å²) < 4.78 is 5.58. The summed E-state index contributed by atoms with van der Waals surface area (Å²) in [6.45, 7) is 9.91. The summed E-state index contributed by atoms with van der Waals surface area (Å²) in [5, 5.41) is 3.57. The minimum Gasteiger partial charge on any atom is -0.381 e. The van der Waals surface area contributed by atoms with Crippen LogP contribution in [0.3, 0.4) is 0 Å². The molecule has 1 rings (SSSR count).